The van der Waals surface area contributed by atoms with Gasteiger partial charge in [0.1, 0.15) is 0 Å². The van der Waals surface area contributed by atoms with Crippen molar-refractivity contribution in [1.82, 2.24) is 10.2 Å². The molecule has 0 spiro atoms. The molecule has 4 heteroatoms. The first-order chi connectivity index (χ1) is 13.2. The van der Waals surface area contributed by atoms with Gasteiger partial charge >= 0.3 is 0 Å². The molecule has 4 rings (SSSR count). The zero-order valence-electron chi connectivity index (χ0n) is 15.6. The number of amides is 2. The molecule has 1 saturated heterocycles. The molecule has 1 N–H and O–H groups in total. The molecule has 1 atom stereocenters. The molecule has 2 aromatic rings. The van der Waals surface area contributed by atoms with Gasteiger partial charge in [-0.3, -0.25) is 9.59 Å². The third-order valence-corrected chi connectivity index (χ3v) is 5.86. The number of piperidine rings is 1. The molecule has 1 heterocycles. The summed E-state index contributed by atoms with van der Waals surface area (Å²) in [5, 5.41) is 3.20. The Morgan fingerprint density at radius 1 is 0.926 bits per heavy atom. The largest absolute Gasteiger partial charge is 0.353 e. The van der Waals surface area contributed by atoms with E-state index >= 15 is 0 Å². The number of rotatable bonds is 4. The highest BCUT2D eigenvalue weighted by atomic mass is 16.2. The number of benzene rings is 2. The Kier molecular flexibility index (Phi) is 5.23. The molecule has 1 aliphatic heterocycles. The van der Waals surface area contributed by atoms with E-state index in [0.29, 0.717) is 25.4 Å². The summed E-state index contributed by atoms with van der Waals surface area (Å²) in [5.74, 6) is 0.577. The fraction of sp³-hybridized carbons (Fsp3) is 0.391. The van der Waals surface area contributed by atoms with Crippen LogP contribution in [0.4, 0.5) is 0 Å². The van der Waals surface area contributed by atoms with Crippen LogP contribution in [0.25, 0.3) is 0 Å². The van der Waals surface area contributed by atoms with Gasteiger partial charge in [0.15, 0.2) is 0 Å². The van der Waals surface area contributed by atoms with Crippen LogP contribution in [0.15, 0.2) is 54.6 Å². The topological polar surface area (TPSA) is 49.4 Å². The second kappa shape index (κ2) is 7.95. The molecular formula is C23H26N2O2. The molecule has 140 valence electrons. The van der Waals surface area contributed by atoms with Crippen molar-refractivity contribution < 1.29 is 9.59 Å². The van der Waals surface area contributed by atoms with E-state index in [2.05, 4.69) is 29.6 Å². The molecule has 0 saturated carbocycles. The lowest BCUT2D eigenvalue weighted by atomic mass is 9.96. The molecule has 1 fully saturated rings. The molecule has 4 nitrogen and oxygen atoms in total. The van der Waals surface area contributed by atoms with Crippen molar-refractivity contribution >= 4 is 11.8 Å². The second-order valence-electron chi connectivity index (χ2n) is 7.64. The van der Waals surface area contributed by atoms with E-state index in [9.17, 15) is 9.59 Å². The third kappa shape index (κ3) is 4.05. The first-order valence-electron chi connectivity index (χ1n) is 9.92. The zero-order chi connectivity index (χ0) is 18.6. The number of fused-ring (bicyclic) bond motifs is 1. The maximum absolute atomic E-state index is 12.5. The van der Waals surface area contributed by atoms with Crippen LogP contribution in [-0.2, 0) is 11.2 Å². The SMILES string of the molecule is O=C(CC1CCc2ccccc21)NC1CCN(C(=O)c2ccccc2)CC1. The lowest BCUT2D eigenvalue weighted by molar-refractivity contribution is -0.122. The van der Waals surface area contributed by atoms with E-state index in [4.69, 9.17) is 0 Å². The van der Waals surface area contributed by atoms with Gasteiger partial charge in [0, 0.05) is 31.1 Å². The predicted octanol–water partition coefficient (Wildman–Crippen LogP) is 3.53. The molecule has 0 aromatic heterocycles. The minimum absolute atomic E-state index is 0.0861. The fourth-order valence-electron chi connectivity index (χ4n) is 4.36. The van der Waals surface area contributed by atoms with Gasteiger partial charge in [-0.05, 0) is 54.9 Å². The fourth-order valence-corrected chi connectivity index (χ4v) is 4.36. The minimum Gasteiger partial charge on any atom is -0.353 e. The molecule has 27 heavy (non-hydrogen) atoms. The monoisotopic (exact) mass is 362 g/mol. The van der Waals surface area contributed by atoms with Crippen LogP contribution in [0.5, 0.6) is 0 Å². The molecule has 2 aliphatic rings. The molecule has 2 amide bonds. The van der Waals surface area contributed by atoms with Crippen molar-refractivity contribution in [3.63, 3.8) is 0 Å². The number of carbonyl (C=O) groups excluding carboxylic acids is 2. The van der Waals surface area contributed by atoms with Crippen molar-refractivity contribution in [2.24, 2.45) is 0 Å². The maximum atomic E-state index is 12.5. The van der Waals surface area contributed by atoms with Crippen LogP contribution in [0.1, 0.15) is 53.1 Å². The van der Waals surface area contributed by atoms with Crippen LogP contribution in [0.3, 0.4) is 0 Å². The van der Waals surface area contributed by atoms with Crippen molar-refractivity contribution in [1.29, 1.82) is 0 Å². The molecular weight excluding hydrogens is 336 g/mol. The van der Waals surface area contributed by atoms with Crippen molar-refractivity contribution in [2.45, 2.75) is 44.1 Å². The molecule has 1 aliphatic carbocycles. The molecule has 0 radical (unpaired) electrons. The lowest BCUT2D eigenvalue weighted by Crippen LogP contribution is -2.46. The van der Waals surface area contributed by atoms with Gasteiger partial charge in [0.05, 0.1) is 0 Å². The maximum Gasteiger partial charge on any atom is 0.253 e. The summed E-state index contributed by atoms with van der Waals surface area (Å²) in [6, 6.07) is 18.1. The van der Waals surface area contributed by atoms with Gasteiger partial charge in [-0.2, -0.15) is 0 Å². The molecule has 1 unspecified atom stereocenters. The van der Waals surface area contributed by atoms with E-state index in [1.165, 1.54) is 11.1 Å². The smallest absolute Gasteiger partial charge is 0.253 e. The van der Waals surface area contributed by atoms with Gasteiger partial charge in [0.25, 0.3) is 5.91 Å². The average molecular weight is 362 g/mol. The highest BCUT2D eigenvalue weighted by Gasteiger charge is 2.27. The summed E-state index contributed by atoms with van der Waals surface area (Å²) in [5.41, 5.74) is 3.47. The van der Waals surface area contributed by atoms with Crippen LogP contribution in [0, 0.1) is 0 Å². The summed E-state index contributed by atoms with van der Waals surface area (Å²) >= 11 is 0. The van der Waals surface area contributed by atoms with Gasteiger partial charge in [-0.25, -0.2) is 0 Å². The number of likely N-dealkylation sites (tertiary alicyclic amines) is 1. The third-order valence-electron chi connectivity index (χ3n) is 5.86. The number of hydrogen-bond donors (Lipinski definition) is 1. The zero-order valence-corrected chi connectivity index (χ0v) is 15.6. The highest BCUT2D eigenvalue weighted by molar-refractivity contribution is 5.94. The highest BCUT2D eigenvalue weighted by Crippen LogP contribution is 2.35. The van der Waals surface area contributed by atoms with Crippen LogP contribution in [0.2, 0.25) is 0 Å². The predicted molar refractivity (Wildman–Crippen MR) is 106 cm³/mol. The molecule has 0 bridgehead atoms. The van der Waals surface area contributed by atoms with Gasteiger partial charge in [0.2, 0.25) is 5.91 Å². The Hall–Kier alpha value is -2.62. The van der Waals surface area contributed by atoms with Crippen molar-refractivity contribution in [2.75, 3.05) is 13.1 Å². The Labute approximate surface area is 160 Å². The van der Waals surface area contributed by atoms with Crippen LogP contribution >= 0.6 is 0 Å². The molecule has 2 aromatic carbocycles. The normalized spacial score (nSPS) is 19.6. The van der Waals surface area contributed by atoms with Crippen molar-refractivity contribution in [3.05, 3.63) is 71.3 Å². The summed E-state index contributed by atoms with van der Waals surface area (Å²) in [6.07, 6.45) is 4.36. The average Bonchev–Trinajstić information content (AvgIpc) is 3.11. The Balaban J connectivity index is 1.26. The minimum atomic E-state index is 0.0861. The number of nitrogens with zero attached hydrogens (tertiary/aromatic N) is 1. The van der Waals surface area contributed by atoms with Gasteiger partial charge < -0.3 is 10.2 Å². The number of aryl methyl sites for hydroxylation is 1. The quantitative estimate of drug-likeness (QED) is 0.905. The number of hydrogen-bond acceptors (Lipinski definition) is 2. The standard InChI is InChI=1S/C23H26N2O2/c26-22(16-19-11-10-17-6-4-5-9-21(17)19)24-20-12-14-25(15-13-20)23(27)18-7-2-1-3-8-18/h1-9,19-20H,10-16H2,(H,24,26). The van der Waals surface area contributed by atoms with Crippen molar-refractivity contribution in [3.8, 4) is 0 Å². The summed E-state index contributed by atoms with van der Waals surface area (Å²) in [6.45, 7) is 1.40. The summed E-state index contributed by atoms with van der Waals surface area (Å²) in [7, 11) is 0. The van der Waals surface area contributed by atoms with E-state index in [1.807, 2.05) is 35.2 Å². The number of nitrogens with one attached hydrogen (secondary N) is 1. The Bertz CT molecular complexity index is 810. The Morgan fingerprint density at radius 2 is 1.63 bits per heavy atom. The van der Waals surface area contributed by atoms with E-state index in [1.54, 1.807) is 0 Å². The summed E-state index contributed by atoms with van der Waals surface area (Å²) in [4.78, 5) is 26.9. The van der Waals surface area contributed by atoms with E-state index < -0.39 is 0 Å². The first-order valence-corrected chi connectivity index (χ1v) is 9.92. The van der Waals surface area contributed by atoms with Crippen LogP contribution < -0.4 is 5.32 Å². The Morgan fingerprint density at radius 3 is 2.41 bits per heavy atom. The van der Waals surface area contributed by atoms with Gasteiger partial charge in [-0.1, -0.05) is 42.5 Å². The summed E-state index contributed by atoms with van der Waals surface area (Å²) < 4.78 is 0. The second-order valence-corrected chi connectivity index (χ2v) is 7.64. The van der Waals surface area contributed by atoms with Gasteiger partial charge in [-0.15, -0.1) is 0 Å². The first kappa shape index (κ1) is 17.8. The van der Waals surface area contributed by atoms with E-state index in [-0.39, 0.29) is 17.9 Å². The van der Waals surface area contributed by atoms with E-state index in [0.717, 1.165) is 31.2 Å². The van der Waals surface area contributed by atoms with Crippen LogP contribution in [-0.4, -0.2) is 35.8 Å². The number of carbonyl (C=O) groups is 2. The lowest BCUT2D eigenvalue weighted by Gasteiger charge is -2.32.